The molecule has 0 radical (unpaired) electrons. The maximum atomic E-state index is 11.0. The molecular weight excluding hydrogens is 437 g/mol. The lowest BCUT2D eigenvalue weighted by Crippen LogP contribution is -2.37. The Morgan fingerprint density at radius 3 is 2.40 bits per heavy atom. The monoisotopic (exact) mass is 473 g/mol. The van der Waals surface area contributed by atoms with E-state index in [1.807, 2.05) is 0 Å². The number of halogens is 1. The van der Waals surface area contributed by atoms with Gasteiger partial charge in [-0.1, -0.05) is 12.8 Å². The average Bonchev–Trinajstić information content (AvgIpc) is 2.59. The molecule has 150 valence electrons. The minimum absolute atomic E-state index is 0. The third-order valence-corrected chi connectivity index (χ3v) is 3.32. The Morgan fingerprint density at radius 1 is 0.960 bits per heavy atom. The normalized spacial score (nSPS) is 10.9. The molecule has 0 unspecified atom stereocenters. The predicted octanol–water partition coefficient (Wildman–Crippen LogP) is 2.34. The number of rotatable bonds is 15. The molecule has 0 rings (SSSR count). The number of esters is 1. The van der Waals surface area contributed by atoms with Crippen molar-refractivity contribution >= 4 is 35.9 Å². The zero-order chi connectivity index (χ0) is 17.9. The topological polar surface area (TPSA) is 81.2 Å². The summed E-state index contributed by atoms with van der Waals surface area (Å²) in [6.07, 6.45) is 5.50. The van der Waals surface area contributed by atoms with Gasteiger partial charge in [0.05, 0.1) is 20.3 Å². The van der Waals surface area contributed by atoms with Crippen molar-refractivity contribution < 1.29 is 19.0 Å². The minimum Gasteiger partial charge on any atom is -0.469 e. The number of unbranched alkanes of at least 4 members (excludes halogenated alkanes) is 3. The number of hydrogen-bond acceptors (Lipinski definition) is 5. The van der Waals surface area contributed by atoms with E-state index in [0.717, 1.165) is 57.7 Å². The minimum atomic E-state index is -0.124. The van der Waals surface area contributed by atoms with Crippen molar-refractivity contribution in [2.45, 2.75) is 45.4 Å². The van der Waals surface area contributed by atoms with Crippen molar-refractivity contribution in [3.8, 4) is 0 Å². The van der Waals surface area contributed by atoms with Crippen molar-refractivity contribution in [1.29, 1.82) is 0 Å². The molecule has 0 fully saturated rings. The lowest BCUT2D eigenvalue weighted by atomic mass is 10.1. The van der Waals surface area contributed by atoms with Gasteiger partial charge in [-0.05, 0) is 26.2 Å². The Kier molecular flexibility index (Phi) is 22.8. The molecule has 0 aliphatic heterocycles. The van der Waals surface area contributed by atoms with E-state index < -0.39 is 0 Å². The number of nitrogens with one attached hydrogen (secondary N) is 2. The summed E-state index contributed by atoms with van der Waals surface area (Å²) in [5, 5.41) is 6.56. The molecule has 2 N–H and O–H groups in total. The van der Waals surface area contributed by atoms with E-state index in [2.05, 4.69) is 27.3 Å². The number of ether oxygens (including phenoxy) is 3. The van der Waals surface area contributed by atoms with Crippen LogP contribution in [0.5, 0.6) is 0 Å². The molecule has 0 aliphatic rings. The molecule has 0 bridgehead atoms. The van der Waals surface area contributed by atoms with Crippen LogP contribution in [0, 0.1) is 0 Å². The zero-order valence-electron chi connectivity index (χ0n) is 16.0. The number of nitrogens with zero attached hydrogens (tertiary/aromatic N) is 1. The lowest BCUT2D eigenvalue weighted by molar-refractivity contribution is -0.140. The molecule has 0 amide bonds. The molecular formula is C17H36IN3O4. The van der Waals surface area contributed by atoms with Gasteiger partial charge in [0.25, 0.3) is 0 Å². The van der Waals surface area contributed by atoms with Gasteiger partial charge in [-0.15, -0.1) is 24.0 Å². The Bertz CT molecular complexity index is 331. The van der Waals surface area contributed by atoms with E-state index in [1.54, 1.807) is 7.11 Å². The van der Waals surface area contributed by atoms with Gasteiger partial charge in [0, 0.05) is 39.8 Å². The summed E-state index contributed by atoms with van der Waals surface area (Å²) in [5.74, 6) is 0.727. The fourth-order valence-electron chi connectivity index (χ4n) is 2.00. The summed E-state index contributed by atoms with van der Waals surface area (Å²) in [5.41, 5.74) is 0. The highest BCUT2D eigenvalue weighted by atomic mass is 127. The van der Waals surface area contributed by atoms with Crippen LogP contribution in [-0.4, -0.2) is 65.6 Å². The van der Waals surface area contributed by atoms with Gasteiger partial charge in [-0.25, -0.2) is 0 Å². The third kappa shape index (κ3) is 19.6. The second-order valence-corrected chi connectivity index (χ2v) is 5.39. The van der Waals surface area contributed by atoms with Crippen LogP contribution in [0.25, 0.3) is 0 Å². The van der Waals surface area contributed by atoms with E-state index in [4.69, 9.17) is 9.47 Å². The molecule has 0 aromatic heterocycles. The van der Waals surface area contributed by atoms with Crippen LogP contribution in [0.4, 0.5) is 0 Å². The number of aliphatic imine (C=N–C) groups is 1. The second kappa shape index (κ2) is 21.4. The van der Waals surface area contributed by atoms with Crippen LogP contribution in [0.3, 0.4) is 0 Å². The number of methoxy groups -OCH3 is 2. The number of carbonyl (C=O) groups excluding carboxylic acids is 1. The van der Waals surface area contributed by atoms with Crippen molar-refractivity contribution in [3.05, 3.63) is 0 Å². The first-order valence-corrected chi connectivity index (χ1v) is 8.90. The molecule has 0 spiro atoms. The Balaban J connectivity index is 0. The lowest BCUT2D eigenvalue weighted by Gasteiger charge is -2.11. The average molecular weight is 473 g/mol. The molecule has 0 aromatic carbocycles. The first kappa shape index (κ1) is 26.6. The predicted molar refractivity (Wildman–Crippen MR) is 112 cm³/mol. The highest BCUT2D eigenvalue weighted by Gasteiger charge is 2.00. The standard InChI is InChI=1S/C17H35N3O4.HI/c1-4-18-17(20-12-9-13-24-15-14-22-2)19-11-8-6-5-7-10-16(21)23-3;/h4-15H2,1-3H3,(H2,18,19,20);1H. The van der Waals surface area contributed by atoms with Gasteiger partial charge in [0.1, 0.15) is 0 Å². The third-order valence-electron chi connectivity index (χ3n) is 3.32. The summed E-state index contributed by atoms with van der Waals surface area (Å²) in [4.78, 5) is 15.5. The van der Waals surface area contributed by atoms with Crippen LogP contribution in [0.15, 0.2) is 4.99 Å². The van der Waals surface area contributed by atoms with Crippen molar-refractivity contribution in [3.63, 3.8) is 0 Å². The first-order valence-electron chi connectivity index (χ1n) is 8.90. The van der Waals surface area contributed by atoms with Crippen LogP contribution in [-0.2, 0) is 19.0 Å². The Labute approximate surface area is 169 Å². The maximum absolute atomic E-state index is 11.0. The molecule has 8 heteroatoms. The first-order chi connectivity index (χ1) is 11.7. The molecule has 7 nitrogen and oxygen atoms in total. The van der Waals surface area contributed by atoms with Gasteiger partial charge < -0.3 is 24.8 Å². The van der Waals surface area contributed by atoms with Gasteiger partial charge in [-0.2, -0.15) is 0 Å². The van der Waals surface area contributed by atoms with Crippen LogP contribution in [0.1, 0.15) is 45.4 Å². The smallest absolute Gasteiger partial charge is 0.305 e. The van der Waals surface area contributed by atoms with Gasteiger partial charge in [0.15, 0.2) is 5.96 Å². The quantitative estimate of drug-likeness (QED) is 0.125. The number of carbonyl (C=O) groups is 1. The Hall–Kier alpha value is -0.610. The summed E-state index contributed by atoms with van der Waals surface area (Å²) >= 11 is 0. The van der Waals surface area contributed by atoms with Gasteiger partial charge in [-0.3, -0.25) is 9.79 Å². The molecule has 0 saturated carbocycles. The van der Waals surface area contributed by atoms with E-state index in [0.29, 0.717) is 26.2 Å². The molecule has 25 heavy (non-hydrogen) atoms. The largest absolute Gasteiger partial charge is 0.469 e. The number of guanidine groups is 1. The van der Waals surface area contributed by atoms with Crippen LogP contribution >= 0.6 is 24.0 Å². The van der Waals surface area contributed by atoms with Gasteiger partial charge >= 0.3 is 5.97 Å². The summed E-state index contributed by atoms with van der Waals surface area (Å²) in [7, 11) is 3.10. The molecule has 0 heterocycles. The van der Waals surface area contributed by atoms with Crippen LogP contribution in [0.2, 0.25) is 0 Å². The van der Waals surface area contributed by atoms with E-state index in [9.17, 15) is 4.79 Å². The zero-order valence-corrected chi connectivity index (χ0v) is 18.3. The summed E-state index contributed by atoms with van der Waals surface area (Å²) < 4.78 is 14.9. The van der Waals surface area contributed by atoms with E-state index in [1.165, 1.54) is 7.11 Å². The van der Waals surface area contributed by atoms with E-state index >= 15 is 0 Å². The van der Waals surface area contributed by atoms with Crippen LogP contribution < -0.4 is 10.6 Å². The Morgan fingerprint density at radius 2 is 1.72 bits per heavy atom. The summed E-state index contributed by atoms with van der Waals surface area (Å²) in [6.45, 7) is 6.48. The summed E-state index contributed by atoms with van der Waals surface area (Å²) in [6, 6.07) is 0. The van der Waals surface area contributed by atoms with Gasteiger partial charge in [0.2, 0.25) is 0 Å². The second-order valence-electron chi connectivity index (χ2n) is 5.39. The fourth-order valence-corrected chi connectivity index (χ4v) is 2.00. The molecule has 0 aliphatic carbocycles. The van der Waals surface area contributed by atoms with E-state index in [-0.39, 0.29) is 29.9 Å². The highest BCUT2D eigenvalue weighted by Crippen LogP contribution is 2.03. The van der Waals surface area contributed by atoms with Crippen molar-refractivity contribution in [2.75, 3.05) is 53.7 Å². The van der Waals surface area contributed by atoms with Crippen molar-refractivity contribution in [2.24, 2.45) is 4.99 Å². The molecule has 0 aromatic rings. The molecule has 0 atom stereocenters. The fraction of sp³-hybridized carbons (Fsp3) is 0.882. The number of hydrogen-bond donors (Lipinski definition) is 2. The SMILES string of the molecule is CCNC(=NCCCOCCOC)NCCCCCCC(=O)OC.I. The molecule has 0 saturated heterocycles. The highest BCUT2D eigenvalue weighted by molar-refractivity contribution is 14.0. The maximum Gasteiger partial charge on any atom is 0.305 e. The van der Waals surface area contributed by atoms with Crippen molar-refractivity contribution in [1.82, 2.24) is 10.6 Å².